The number of carbonyl (C=O) groups is 3. The summed E-state index contributed by atoms with van der Waals surface area (Å²) in [5.41, 5.74) is 3.69. The summed E-state index contributed by atoms with van der Waals surface area (Å²) >= 11 is 0. The quantitative estimate of drug-likeness (QED) is 0.468. The number of hydrogen-bond donors (Lipinski definition) is 1. The van der Waals surface area contributed by atoms with Crippen LogP contribution < -0.4 is 5.32 Å². The van der Waals surface area contributed by atoms with Gasteiger partial charge in [-0.25, -0.2) is 0 Å². The molecule has 1 heterocycles. The molecule has 3 aromatic rings. The van der Waals surface area contributed by atoms with Crippen LogP contribution in [0.3, 0.4) is 0 Å². The zero-order valence-electron chi connectivity index (χ0n) is 22.6. The van der Waals surface area contributed by atoms with E-state index in [0.29, 0.717) is 44.6 Å². The Labute approximate surface area is 225 Å². The van der Waals surface area contributed by atoms with Crippen molar-refractivity contribution in [3.8, 4) is 0 Å². The summed E-state index contributed by atoms with van der Waals surface area (Å²) in [6.45, 7) is 7.15. The zero-order chi connectivity index (χ0) is 27.1. The molecule has 0 atom stereocenters. The van der Waals surface area contributed by atoms with Crippen LogP contribution in [0, 0.1) is 6.92 Å². The van der Waals surface area contributed by atoms with Gasteiger partial charge in [0.05, 0.1) is 0 Å². The Morgan fingerprint density at radius 1 is 0.842 bits per heavy atom. The van der Waals surface area contributed by atoms with E-state index in [1.165, 1.54) is 5.56 Å². The van der Waals surface area contributed by atoms with E-state index >= 15 is 0 Å². The van der Waals surface area contributed by atoms with Crippen LogP contribution in [0.25, 0.3) is 0 Å². The Kier molecular flexibility index (Phi) is 8.62. The minimum atomic E-state index is -1.09. The van der Waals surface area contributed by atoms with Gasteiger partial charge < -0.3 is 15.1 Å². The fourth-order valence-electron chi connectivity index (χ4n) is 5.09. The van der Waals surface area contributed by atoms with E-state index in [-0.39, 0.29) is 17.7 Å². The number of likely N-dealkylation sites (tertiary alicyclic amines) is 1. The fraction of sp³-hybridized carbons (Fsp3) is 0.344. The molecule has 1 N–H and O–H groups in total. The largest absolute Gasteiger partial charge is 0.350 e. The van der Waals surface area contributed by atoms with Gasteiger partial charge >= 0.3 is 0 Å². The van der Waals surface area contributed by atoms with Gasteiger partial charge in [-0.15, -0.1) is 0 Å². The number of aryl methyl sites for hydroxylation is 2. The second kappa shape index (κ2) is 12.1. The molecule has 3 aromatic carbocycles. The Morgan fingerprint density at radius 3 is 2.03 bits per heavy atom. The van der Waals surface area contributed by atoms with Crippen molar-refractivity contribution in [2.24, 2.45) is 0 Å². The van der Waals surface area contributed by atoms with Gasteiger partial charge in [0.1, 0.15) is 5.54 Å². The molecule has 1 saturated heterocycles. The van der Waals surface area contributed by atoms with E-state index in [4.69, 9.17) is 0 Å². The molecule has 6 heteroatoms. The minimum Gasteiger partial charge on any atom is -0.350 e. The van der Waals surface area contributed by atoms with Crippen molar-refractivity contribution < 1.29 is 14.4 Å². The van der Waals surface area contributed by atoms with Crippen molar-refractivity contribution in [1.29, 1.82) is 0 Å². The van der Waals surface area contributed by atoms with Crippen LogP contribution >= 0.6 is 0 Å². The van der Waals surface area contributed by atoms with E-state index in [2.05, 4.69) is 24.4 Å². The summed E-state index contributed by atoms with van der Waals surface area (Å²) < 4.78 is 0. The van der Waals surface area contributed by atoms with Gasteiger partial charge in [-0.3, -0.25) is 14.4 Å². The molecule has 3 amide bonds. The maximum Gasteiger partial charge on any atom is 0.255 e. The Morgan fingerprint density at radius 2 is 1.45 bits per heavy atom. The topological polar surface area (TPSA) is 69.7 Å². The number of nitrogens with one attached hydrogen (secondary N) is 1. The average molecular weight is 512 g/mol. The number of amides is 3. The molecule has 1 fully saturated rings. The summed E-state index contributed by atoms with van der Waals surface area (Å²) in [7, 11) is 0. The predicted molar refractivity (Wildman–Crippen MR) is 149 cm³/mol. The van der Waals surface area contributed by atoms with Crippen LogP contribution in [0.2, 0.25) is 0 Å². The first kappa shape index (κ1) is 27.1. The van der Waals surface area contributed by atoms with Gasteiger partial charge in [0.15, 0.2) is 0 Å². The molecule has 0 aromatic heterocycles. The number of nitrogens with zero attached hydrogens (tertiary/aromatic N) is 2. The standard InChI is InChI=1S/C32H37N3O3/c1-4-26-12-14-28(15-13-26)23-35(30(37)29-16-10-24(2)11-17-29)32(18-20-34(21-19-32)25(3)36)31(38)33-22-27-8-6-5-7-9-27/h5-17H,4,18-23H2,1-3H3,(H,33,38). The molecular formula is C32H37N3O3. The van der Waals surface area contributed by atoms with Gasteiger partial charge in [-0.1, -0.05) is 79.2 Å². The molecule has 38 heavy (non-hydrogen) atoms. The van der Waals surface area contributed by atoms with Crippen molar-refractivity contribution in [2.45, 2.75) is 58.7 Å². The van der Waals surface area contributed by atoms with E-state index in [1.807, 2.05) is 73.7 Å². The second-order valence-electron chi connectivity index (χ2n) is 10.1. The second-order valence-corrected chi connectivity index (χ2v) is 10.1. The lowest BCUT2D eigenvalue weighted by Gasteiger charge is -2.47. The third kappa shape index (κ3) is 6.13. The van der Waals surface area contributed by atoms with Crippen LogP contribution in [0.15, 0.2) is 78.9 Å². The van der Waals surface area contributed by atoms with E-state index in [9.17, 15) is 14.4 Å². The van der Waals surface area contributed by atoms with E-state index < -0.39 is 5.54 Å². The molecule has 6 nitrogen and oxygen atoms in total. The van der Waals surface area contributed by atoms with Crippen LogP contribution in [0.5, 0.6) is 0 Å². The molecule has 0 unspecified atom stereocenters. The Balaban J connectivity index is 1.72. The summed E-state index contributed by atoms with van der Waals surface area (Å²) in [6.07, 6.45) is 1.68. The normalized spacial score (nSPS) is 14.6. The zero-order valence-corrected chi connectivity index (χ0v) is 22.6. The SMILES string of the molecule is CCc1ccc(CN(C(=O)c2ccc(C)cc2)C2(C(=O)NCc3ccccc3)CCN(C(C)=O)CC2)cc1. The summed E-state index contributed by atoms with van der Waals surface area (Å²) in [6, 6.07) is 25.5. The van der Waals surface area contributed by atoms with Crippen LogP contribution in [-0.2, 0) is 29.1 Å². The van der Waals surface area contributed by atoms with Crippen LogP contribution in [-0.4, -0.2) is 46.1 Å². The summed E-state index contributed by atoms with van der Waals surface area (Å²) in [5, 5.41) is 3.12. The molecule has 1 aliphatic rings. The van der Waals surface area contributed by atoms with Crippen molar-refractivity contribution in [2.75, 3.05) is 13.1 Å². The Hall–Kier alpha value is -3.93. The lowest BCUT2D eigenvalue weighted by Crippen LogP contribution is -2.64. The van der Waals surface area contributed by atoms with Crippen LogP contribution in [0.1, 0.15) is 59.3 Å². The Bertz CT molecular complexity index is 1250. The van der Waals surface area contributed by atoms with Gasteiger partial charge in [-0.2, -0.15) is 0 Å². The summed E-state index contributed by atoms with van der Waals surface area (Å²) in [5.74, 6) is -0.388. The monoisotopic (exact) mass is 511 g/mol. The van der Waals surface area contributed by atoms with Crippen molar-refractivity contribution in [3.05, 3.63) is 107 Å². The predicted octanol–water partition coefficient (Wildman–Crippen LogP) is 4.90. The third-order valence-electron chi connectivity index (χ3n) is 7.59. The highest BCUT2D eigenvalue weighted by Crippen LogP contribution is 2.33. The van der Waals surface area contributed by atoms with Gasteiger partial charge in [0.25, 0.3) is 5.91 Å². The fourth-order valence-corrected chi connectivity index (χ4v) is 5.09. The first-order chi connectivity index (χ1) is 18.3. The molecule has 0 saturated carbocycles. The molecule has 4 rings (SSSR count). The first-order valence-corrected chi connectivity index (χ1v) is 13.4. The molecule has 0 bridgehead atoms. The van der Waals surface area contributed by atoms with Crippen molar-refractivity contribution >= 4 is 17.7 Å². The third-order valence-corrected chi connectivity index (χ3v) is 7.59. The van der Waals surface area contributed by atoms with E-state index in [1.54, 1.807) is 16.7 Å². The van der Waals surface area contributed by atoms with Gasteiger partial charge in [-0.05, 0) is 55.0 Å². The van der Waals surface area contributed by atoms with E-state index in [0.717, 1.165) is 23.1 Å². The lowest BCUT2D eigenvalue weighted by atomic mass is 9.83. The number of benzene rings is 3. The number of piperidine rings is 1. The molecule has 0 spiro atoms. The average Bonchev–Trinajstić information content (AvgIpc) is 2.95. The number of rotatable bonds is 8. The molecule has 0 aliphatic carbocycles. The minimum absolute atomic E-state index is 0.0186. The maximum atomic E-state index is 14.1. The molecule has 198 valence electrons. The molecular weight excluding hydrogens is 474 g/mol. The lowest BCUT2D eigenvalue weighted by molar-refractivity contribution is -0.141. The highest BCUT2D eigenvalue weighted by molar-refractivity contribution is 5.99. The highest BCUT2D eigenvalue weighted by Gasteiger charge is 2.48. The smallest absolute Gasteiger partial charge is 0.255 e. The first-order valence-electron chi connectivity index (χ1n) is 13.4. The van der Waals surface area contributed by atoms with Crippen molar-refractivity contribution in [3.63, 3.8) is 0 Å². The highest BCUT2D eigenvalue weighted by atomic mass is 16.2. The maximum absolute atomic E-state index is 14.1. The van der Waals surface area contributed by atoms with Crippen molar-refractivity contribution in [1.82, 2.24) is 15.1 Å². The van der Waals surface area contributed by atoms with Crippen LogP contribution in [0.4, 0.5) is 0 Å². The van der Waals surface area contributed by atoms with Gasteiger partial charge in [0, 0.05) is 38.7 Å². The molecule has 0 radical (unpaired) electrons. The number of hydrogen-bond acceptors (Lipinski definition) is 3. The summed E-state index contributed by atoms with van der Waals surface area (Å²) in [4.78, 5) is 43.9. The molecule has 1 aliphatic heterocycles. The van der Waals surface area contributed by atoms with Gasteiger partial charge in [0.2, 0.25) is 11.8 Å². The number of carbonyl (C=O) groups excluding carboxylic acids is 3.